The molecule has 0 aliphatic rings. The third-order valence-electron chi connectivity index (χ3n) is 3.46. The lowest BCUT2D eigenvalue weighted by atomic mass is 10.0. The van der Waals surface area contributed by atoms with E-state index in [9.17, 15) is 8.42 Å². The second-order valence-corrected chi connectivity index (χ2v) is 6.98. The molecular formula is C17H18N2O2S. The van der Waals surface area contributed by atoms with Crippen LogP contribution in [0.1, 0.15) is 22.3 Å². The van der Waals surface area contributed by atoms with E-state index >= 15 is 0 Å². The van der Waals surface area contributed by atoms with Crippen molar-refractivity contribution in [2.24, 2.45) is 0 Å². The molecule has 0 aliphatic carbocycles. The van der Waals surface area contributed by atoms with Crippen LogP contribution >= 0.6 is 0 Å². The fourth-order valence-corrected chi connectivity index (χ4v) is 3.34. The van der Waals surface area contributed by atoms with Crippen LogP contribution in [0.4, 0.5) is 0 Å². The molecule has 2 rings (SSSR count). The Labute approximate surface area is 131 Å². The van der Waals surface area contributed by atoms with Crippen molar-refractivity contribution in [3.63, 3.8) is 0 Å². The molecule has 0 fully saturated rings. The van der Waals surface area contributed by atoms with Crippen molar-refractivity contribution < 1.29 is 8.42 Å². The fraction of sp³-hybridized carbons (Fsp3) is 0.235. The first-order valence-corrected chi connectivity index (χ1v) is 8.46. The Morgan fingerprint density at radius 2 is 1.91 bits per heavy atom. The predicted octanol–water partition coefficient (Wildman–Crippen LogP) is 2.70. The Balaban J connectivity index is 2.05. The van der Waals surface area contributed by atoms with Gasteiger partial charge in [0.05, 0.1) is 16.5 Å². The molecule has 2 aromatic rings. The Morgan fingerprint density at radius 1 is 1.14 bits per heavy atom. The number of nitrogens with one attached hydrogen (secondary N) is 1. The molecule has 0 heterocycles. The van der Waals surface area contributed by atoms with Gasteiger partial charge < -0.3 is 0 Å². The number of aryl methyl sites for hydroxylation is 2. The topological polar surface area (TPSA) is 70.0 Å². The van der Waals surface area contributed by atoms with Gasteiger partial charge in [-0.15, -0.1) is 0 Å². The van der Waals surface area contributed by atoms with Crippen LogP contribution in [0.2, 0.25) is 0 Å². The highest BCUT2D eigenvalue weighted by Gasteiger charge is 2.14. The van der Waals surface area contributed by atoms with E-state index in [1.165, 1.54) is 17.7 Å². The molecule has 0 aromatic heterocycles. The summed E-state index contributed by atoms with van der Waals surface area (Å²) in [5.74, 6) is 0. The Morgan fingerprint density at radius 3 is 2.59 bits per heavy atom. The van der Waals surface area contributed by atoms with E-state index in [0.29, 0.717) is 18.5 Å². The SMILES string of the molecule is Cc1ccc(CCNS(=O)(=O)c2cccc(C#N)c2)c(C)c1. The number of rotatable bonds is 5. The van der Waals surface area contributed by atoms with Crippen LogP contribution in [0.5, 0.6) is 0 Å². The van der Waals surface area contributed by atoms with Gasteiger partial charge in [0.25, 0.3) is 0 Å². The molecule has 2 aromatic carbocycles. The number of nitrogens with zero attached hydrogens (tertiary/aromatic N) is 1. The van der Waals surface area contributed by atoms with E-state index in [4.69, 9.17) is 5.26 Å². The van der Waals surface area contributed by atoms with Crippen LogP contribution in [0.15, 0.2) is 47.4 Å². The third kappa shape index (κ3) is 3.94. The quantitative estimate of drug-likeness (QED) is 0.922. The van der Waals surface area contributed by atoms with Crippen LogP contribution < -0.4 is 4.72 Å². The van der Waals surface area contributed by atoms with E-state index in [1.807, 2.05) is 32.0 Å². The number of hydrogen-bond acceptors (Lipinski definition) is 3. The number of benzene rings is 2. The van der Waals surface area contributed by atoms with Crippen molar-refractivity contribution in [1.29, 1.82) is 5.26 Å². The molecule has 4 nitrogen and oxygen atoms in total. The molecule has 0 atom stereocenters. The minimum Gasteiger partial charge on any atom is -0.211 e. The van der Waals surface area contributed by atoms with Crippen LogP contribution in [-0.4, -0.2) is 15.0 Å². The van der Waals surface area contributed by atoms with E-state index in [1.54, 1.807) is 12.1 Å². The van der Waals surface area contributed by atoms with Crippen molar-refractivity contribution in [1.82, 2.24) is 4.72 Å². The summed E-state index contributed by atoms with van der Waals surface area (Å²) in [4.78, 5) is 0.118. The van der Waals surface area contributed by atoms with Gasteiger partial charge in [0.1, 0.15) is 0 Å². The molecular weight excluding hydrogens is 296 g/mol. The Kier molecular flexibility index (Phi) is 4.96. The smallest absolute Gasteiger partial charge is 0.211 e. The second kappa shape index (κ2) is 6.73. The molecule has 0 spiro atoms. The molecule has 0 aliphatic heterocycles. The van der Waals surface area contributed by atoms with Crippen LogP contribution in [0, 0.1) is 25.2 Å². The lowest BCUT2D eigenvalue weighted by Gasteiger charge is -2.09. The maximum atomic E-state index is 12.2. The van der Waals surface area contributed by atoms with Crippen molar-refractivity contribution in [3.8, 4) is 6.07 Å². The maximum Gasteiger partial charge on any atom is 0.240 e. The van der Waals surface area contributed by atoms with Crippen LogP contribution in [0.3, 0.4) is 0 Å². The van der Waals surface area contributed by atoms with Gasteiger partial charge in [-0.2, -0.15) is 5.26 Å². The van der Waals surface area contributed by atoms with Crippen LogP contribution in [0.25, 0.3) is 0 Å². The first-order valence-electron chi connectivity index (χ1n) is 6.98. The minimum absolute atomic E-state index is 0.118. The van der Waals surface area contributed by atoms with Gasteiger partial charge in [0, 0.05) is 6.54 Å². The molecule has 0 saturated carbocycles. The summed E-state index contributed by atoms with van der Waals surface area (Å²) in [5.41, 5.74) is 3.80. The molecule has 0 amide bonds. The number of nitriles is 1. The molecule has 0 saturated heterocycles. The zero-order valence-corrected chi connectivity index (χ0v) is 13.4. The van der Waals surface area contributed by atoms with Crippen LogP contribution in [-0.2, 0) is 16.4 Å². The average molecular weight is 314 g/mol. The molecule has 0 bridgehead atoms. The first kappa shape index (κ1) is 16.2. The Hall–Kier alpha value is -2.16. The summed E-state index contributed by atoms with van der Waals surface area (Å²) in [6.45, 7) is 4.37. The minimum atomic E-state index is -3.59. The van der Waals surface area contributed by atoms with Gasteiger partial charge in [-0.1, -0.05) is 29.8 Å². The fourth-order valence-electron chi connectivity index (χ4n) is 2.26. The zero-order chi connectivity index (χ0) is 16.2. The van der Waals surface area contributed by atoms with Gasteiger partial charge in [0.15, 0.2) is 0 Å². The van der Waals surface area contributed by atoms with E-state index in [-0.39, 0.29) is 4.90 Å². The number of hydrogen-bond donors (Lipinski definition) is 1. The summed E-state index contributed by atoms with van der Waals surface area (Å²) in [6, 6.07) is 14.1. The van der Waals surface area contributed by atoms with Gasteiger partial charge in [-0.05, 0) is 49.6 Å². The molecule has 114 valence electrons. The van der Waals surface area contributed by atoms with Gasteiger partial charge >= 0.3 is 0 Å². The summed E-state index contributed by atoms with van der Waals surface area (Å²) in [7, 11) is -3.59. The normalized spacial score (nSPS) is 11.1. The predicted molar refractivity (Wildman–Crippen MR) is 86.0 cm³/mol. The first-order chi connectivity index (χ1) is 10.4. The highest BCUT2D eigenvalue weighted by molar-refractivity contribution is 7.89. The largest absolute Gasteiger partial charge is 0.240 e. The highest BCUT2D eigenvalue weighted by atomic mass is 32.2. The molecule has 0 radical (unpaired) electrons. The zero-order valence-electron chi connectivity index (χ0n) is 12.6. The monoisotopic (exact) mass is 314 g/mol. The lowest BCUT2D eigenvalue weighted by molar-refractivity contribution is 0.581. The number of sulfonamides is 1. The van der Waals surface area contributed by atoms with E-state index < -0.39 is 10.0 Å². The average Bonchev–Trinajstić information content (AvgIpc) is 2.49. The third-order valence-corrected chi connectivity index (χ3v) is 4.92. The van der Waals surface area contributed by atoms with E-state index in [0.717, 1.165) is 11.1 Å². The van der Waals surface area contributed by atoms with Crippen molar-refractivity contribution >= 4 is 10.0 Å². The summed E-state index contributed by atoms with van der Waals surface area (Å²) >= 11 is 0. The molecule has 0 unspecified atom stereocenters. The second-order valence-electron chi connectivity index (χ2n) is 5.22. The van der Waals surface area contributed by atoms with E-state index in [2.05, 4.69) is 10.8 Å². The Bertz CT molecular complexity index is 821. The summed E-state index contributed by atoms with van der Waals surface area (Å²) < 4.78 is 27.0. The molecule has 1 N–H and O–H groups in total. The standard InChI is InChI=1S/C17H18N2O2S/c1-13-6-7-16(14(2)10-13)8-9-19-22(20,21)17-5-3-4-15(11-17)12-18/h3-7,10-11,19H,8-9H2,1-2H3. The van der Waals surface area contributed by atoms with Crippen molar-refractivity contribution in [2.45, 2.75) is 25.2 Å². The van der Waals surface area contributed by atoms with Crippen molar-refractivity contribution in [3.05, 3.63) is 64.7 Å². The van der Waals surface area contributed by atoms with Gasteiger partial charge in [-0.25, -0.2) is 13.1 Å². The molecule has 22 heavy (non-hydrogen) atoms. The highest BCUT2D eigenvalue weighted by Crippen LogP contribution is 2.13. The summed E-state index contributed by atoms with van der Waals surface area (Å²) in [6.07, 6.45) is 0.628. The lowest BCUT2D eigenvalue weighted by Crippen LogP contribution is -2.26. The van der Waals surface area contributed by atoms with Gasteiger partial charge in [0.2, 0.25) is 10.0 Å². The van der Waals surface area contributed by atoms with Crippen molar-refractivity contribution in [2.75, 3.05) is 6.54 Å². The molecule has 5 heteroatoms. The van der Waals surface area contributed by atoms with Gasteiger partial charge in [-0.3, -0.25) is 0 Å². The maximum absolute atomic E-state index is 12.2. The summed E-state index contributed by atoms with van der Waals surface area (Å²) in [5, 5.41) is 8.84.